The Bertz CT molecular complexity index is 733. The maximum Gasteiger partial charge on any atom is 0.122 e. The van der Waals surface area contributed by atoms with Gasteiger partial charge in [-0.3, -0.25) is 0 Å². The van der Waals surface area contributed by atoms with Gasteiger partial charge in [-0.1, -0.05) is 54.1 Å². The summed E-state index contributed by atoms with van der Waals surface area (Å²) in [6.07, 6.45) is 4.11. The topological polar surface area (TPSA) is 9.23 Å². The molecule has 5 rings (SSSR count). The fourth-order valence-electron chi connectivity index (χ4n) is 5.41. The molecule has 1 atom stereocenters. The summed E-state index contributed by atoms with van der Waals surface area (Å²) in [5, 5.41) is 0. The first-order valence-electron chi connectivity index (χ1n) is 10.2. The number of aryl methyl sites for hydroxylation is 1. The largest absolute Gasteiger partial charge is 0.371 e. The van der Waals surface area contributed by atoms with Crippen LogP contribution in [0.4, 0.5) is 0 Å². The highest BCUT2D eigenvalue weighted by molar-refractivity contribution is 5.28. The van der Waals surface area contributed by atoms with Crippen molar-refractivity contribution in [2.24, 2.45) is 5.92 Å². The fraction of sp³-hybridized carbons (Fsp3) is 0.500. The van der Waals surface area contributed by atoms with Crippen molar-refractivity contribution >= 4 is 0 Å². The summed E-state index contributed by atoms with van der Waals surface area (Å²) in [6.45, 7) is 10.1. The van der Waals surface area contributed by atoms with Crippen molar-refractivity contribution < 1.29 is 9.22 Å². The highest BCUT2D eigenvalue weighted by Crippen LogP contribution is 2.50. The molecular formula is C24H32NO+. The fourth-order valence-corrected chi connectivity index (χ4v) is 5.41. The van der Waals surface area contributed by atoms with Gasteiger partial charge in [0, 0.05) is 12.0 Å². The lowest BCUT2D eigenvalue weighted by molar-refractivity contribution is -0.997. The molecule has 0 radical (unpaired) electrons. The van der Waals surface area contributed by atoms with Crippen LogP contribution < -0.4 is 0 Å². The lowest BCUT2D eigenvalue weighted by Gasteiger charge is -2.60. The third kappa shape index (κ3) is 3.21. The van der Waals surface area contributed by atoms with E-state index < -0.39 is 0 Å². The molecule has 2 aromatic rings. The van der Waals surface area contributed by atoms with Crippen molar-refractivity contribution in [2.75, 3.05) is 26.2 Å². The molecule has 3 fully saturated rings. The molecule has 3 aliphatic heterocycles. The monoisotopic (exact) mass is 350 g/mol. The predicted octanol–water partition coefficient (Wildman–Crippen LogP) is 5.06. The molecule has 0 aliphatic carbocycles. The van der Waals surface area contributed by atoms with E-state index >= 15 is 0 Å². The van der Waals surface area contributed by atoms with E-state index in [0.29, 0.717) is 0 Å². The highest BCUT2D eigenvalue weighted by atomic mass is 16.5. The number of quaternary nitrogens is 1. The molecule has 2 bridgehead atoms. The maximum absolute atomic E-state index is 6.10. The quantitative estimate of drug-likeness (QED) is 0.523. The van der Waals surface area contributed by atoms with Gasteiger partial charge in [-0.25, -0.2) is 0 Å². The standard InChI is InChI=1S/C24H32NO/c1-20-7-6-10-23(17-20)24(2)18-21-11-13-25(24,14-12-21)15-16-26-19-22-8-4-3-5-9-22/h3-10,17,21H,11-16,18-19H2,1-2H3/q+1. The lowest BCUT2D eigenvalue weighted by Crippen LogP contribution is -2.69. The van der Waals surface area contributed by atoms with Crippen LogP contribution >= 0.6 is 0 Å². The van der Waals surface area contributed by atoms with Crippen molar-refractivity contribution in [3.05, 3.63) is 71.3 Å². The van der Waals surface area contributed by atoms with Crippen LogP contribution in [0.5, 0.6) is 0 Å². The number of rotatable bonds is 6. The Kier molecular flexibility index (Phi) is 4.90. The minimum Gasteiger partial charge on any atom is -0.371 e. The Hall–Kier alpha value is -1.64. The molecule has 0 N–H and O–H groups in total. The number of hydrogen-bond donors (Lipinski definition) is 0. The van der Waals surface area contributed by atoms with Crippen molar-refractivity contribution in [1.82, 2.24) is 0 Å². The Morgan fingerprint density at radius 2 is 1.81 bits per heavy atom. The molecule has 3 aliphatic rings. The van der Waals surface area contributed by atoms with Gasteiger partial charge in [0.2, 0.25) is 0 Å². The SMILES string of the molecule is Cc1cccc(C2(C)CC3CC[N+]2(CCOCc2ccccc2)CC3)c1. The average molecular weight is 351 g/mol. The van der Waals surface area contributed by atoms with Gasteiger partial charge in [0.1, 0.15) is 12.1 Å². The molecule has 0 aromatic heterocycles. The van der Waals surface area contributed by atoms with Gasteiger partial charge < -0.3 is 9.22 Å². The number of fused-ring (bicyclic) bond motifs is 3. The smallest absolute Gasteiger partial charge is 0.122 e. The second kappa shape index (κ2) is 7.17. The molecule has 3 heterocycles. The van der Waals surface area contributed by atoms with E-state index in [2.05, 4.69) is 68.4 Å². The first-order chi connectivity index (χ1) is 12.6. The number of ether oxygens (including phenoxy) is 1. The van der Waals surface area contributed by atoms with Crippen molar-refractivity contribution in [3.8, 4) is 0 Å². The van der Waals surface area contributed by atoms with Gasteiger partial charge in [-0.05, 0) is 44.2 Å². The summed E-state index contributed by atoms with van der Waals surface area (Å²) in [5.41, 5.74) is 4.42. The molecule has 138 valence electrons. The van der Waals surface area contributed by atoms with Crippen LogP contribution in [-0.2, 0) is 16.9 Å². The normalized spacial score (nSPS) is 30.5. The van der Waals surface area contributed by atoms with E-state index in [1.807, 2.05) is 0 Å². The zero-order valence-corrected chi connectivity index (χ0v) is 16.3. The van der Waals surface area contributed by atoms with Crippen LogP contribution in [0.15, 0.2) is 54.6 Å². The van der Waals surface area contributed by atoms with Crippen LogP contribution in [0.25, 0.3) is 0 Å². The third-order valence-corrected chi connectivity index (χ3v) is 7.08. The van der Waals surface area contributed by atoms with Gasteiger partial charge in [0.05, 0.1) is 26.3 Å². The van der Waals surface area contributed by atoms with Gasteiger partial charge >= 0.3 is 0 Å². The minimum atomic E-state index is 0.239. The van der Waals surface area contributed by atoms with Crippen LogP contribution in [0, 0.1) is 12.8 Å². The number of hydrogen-bond acceptors (Lipinski definition) is 1. The molecule has 2 aromatic carbocycles. The van der Waals surface area contributed by atoms with E-state index in [-0.39, 0.29) is 5.54 Å². The predicted molar refractivity (Wildman–Crippen MR) is 107 cm³/mol. The third-order valence-electron chi connectivity index (χ3n) is 7.08. The second-order valence-electron chi connectivity index (χ2n) is 8.65. The van der Waals surface area contributed by atoms with Crippen LogP contribution in [0.3, 0.4) is 0 Å². The summed E-state index contributed by atoms with van der Waals surface area (Å²) in [6, 6.07) is 19.8. The number of nitrogens with zero attached hydrogens (tertiary/aromatic N) is 1. The van der Waals surface area contributed by atoms with E-state index in [1.165, 1.54) is 53.5 Å². The van der Waals surface area contributed by atoms with Gasteiger partial charge in [0.15, 0.2) is 0 Å². The summed E-state index contributed by atoms with van der Waals surface area (Å²) < 4.78 is 7.31. The van der Waals surface area contributed by atoms with Crippen LogP contribution in [0.1, 0.15) is 42.9 Å². The first kappa shape index (κ1) is 17.8. The molecule has 3 saturated heterocycles. The van der Waals surface area contributed by atoms with Gasteiger partial charge in [-0.2, -0.15) is 0 Å². The van der Waals surface area contributed by atoms with Gasteiger partial charge in [0.25, 0.3) is 0 Å². The zero-order chi connectivity index (χ0) is 18.0. The number of benzene rings is 2. The molecule has 0 saturated carbocycles. The molecule has 0 amide bonds. The Balaban J connectivity index is 1.49. The highest BCUT2D eigenvalue weighted by Gasteiger charge is 2.55. The van der Waals surface area contributed by atoms with Crippen molar-refractivity contribution in [3.63, 3.8) is 0 Å². The van der Waals surface area contributed by atoms with Gasteiger partial charge in [-0.15, -0.1) is 0 Å². The Morgan fingerprint density at radius 3 is 2.54 bits per heavy atom. The maximum atomic E-state index is 6.10. The van der Waals surface area contributed by atoms with E-state index in [4.69, 9.17) is 4.74 Å². The average Bonchev–Trinajstić information content (AvgIpc) is 2.67. The summed E-state index contributed by atoms with van der Waals surface area (Å²) in [4.78, 5) is 0. The van der Waals surface area contributed by atoms with E-state index in [9.17, 15) is 0 Å². The summed E-state index contributed by atoms with van der Waals surface area (Å²) in [5.74, 6) is 0.908. The van der Waals surface area contributed by atoms with Crippen LogP contribution in [0.2, 0.25) is 0 Å². The minimum absolute atomic E-state index is 0.239. The van der Waals surface area contributed by atoms with Crippen molar-refractivity contribution in [1.29, 1.82) is 0 Å². The lowest BCUT2D eigenvalue weighted by atomic mass is 9.69. The molecule has 2 nitrogen and oxygen atoms in total. The zero-order valence-electron chi connectivity index (χ0n) is 16.3. The molecular weight excluding hydrogens is 318 g/mol. The number of piperidine rings is 3. The molecule has 1 unspecified atom stereocenters. The Morgan fingerprint density at radius 1 is 1.04 bits per heavy atom. The molecule has 2 heteroatoms. The Labute approximate surface area is 158 Å². The molecule has 26 heavy (non-hydrogen) atoms. The molecule has 0 spiro atoms. The van der Waals surface area contributed by atoms with Crippen LogP contribution in [-0.4, -0.2) is 30.7 Å². The summed E-state index contributed by atoms with van der Waals surface area (Å²) >= 11 is 0. The second-order valence-corrected chi connectivity index (χ2v) is 8.65. The first-order valence-corrected chi connectivity index (χ1v) is 10.2. The summed E-state index contributed by atoms with van der Waals surface area (Å²) in [7, 11) is 0. The van der Waals surface area contributed by atoms with E-state index in [1.54, 1.807) is 0 Å². The van der Waals surface area contributed by atoms with E-state index in [0.717, 1.165) is 25.7 Å². The van der Waals surface area contributed by atoms with Crippen molar-refractivity contribution in [2.45, 2.75) is 45.3 Å².